The van der Waals surface area contributed by atoms with Gasteiger partial charge in [-0.1, -0.05) is 13.8 Å². The van der Waals surface area contributed by atoms with Gasteiger partial charge in [0.05, 0.1) is 24.4 Å². The molecule has 2 unspecified atom stereocenters. The van der Waals surface area contributed by atoms with E-state index in [9.17, 15) is 19.2 Å². The number of nitrogens with one attached hydrogen (secondary N) is 1. The minimum Gasteiger partial charge on any atom is -0.472 e. The molecule has 1 N–H and O–H groups in total. The summed E-state index contributed by atoms with van der Waals surface area (Å²) in [5, 5.41) is 2.89. The van der Waals surface area contributed by atoms with Crippen molar-refractivity contribution in [3.05, 3.63) is 54.0 Å². The normalized spacial score (nSPS) is 20.2. The highest BCUT2D eigenvalue weighted by molar-refractivity contribution is 6.03. The first-order valence-corrected chi connectivity index (χ1v) is 11.9. The van der Waals surface area contributed by atoms with E-state index < -0.39 is 12.1 Å². The monoisotopic (exact) mass is 480 g/mol. The maximum atomic E-state index is 13.6. The van der Waals surface area contributed by atoms with Crippen molar-refractivity contribution in [1.29, 1.82) is 0 Å². The zero-order chi connectivity index (χ0) is 25.3. The van der Waals surface area contributed by atoms with Crippen molar-refractivity contribution in [3.8, 4) is 0 Å². The van der Waals surface area contributed by atoms with Crippen LogP contribution in [0.15, 0.2) is 47.3 Å². The fourth-order valence-corrected chi connectivity index (χ4v) is 4.94. The van der Waals surface area contributed by atoms with Crippen LogP contribution >= 0.6 is 0 Å². The largest absolute Gasteiger partial charge is 0.472 e. The second-order valence-corrected chi connectivity index (χ2v) is 9.84. The first-order valence-electron chi connectivity index (χ1n) is 11.9. The van der Waals surface area contributed by atoms with Crippen LogP contribution in [0.2, 0.25) is 0 Å². The molecule has 2 aliphatic rings. The van der Waals surface area contributed by atoms with Gasteiger partial charge in [-0.25, -0.2) is 0 Å². The van der Waals surface area contributed by atoms with Crippen LogP contribution in [-0.4, -0.2) is 78.6 Å². The SMILES string of the molecule is CC(C)C[C@H](NC(=O)c1ccc(N(C)C)cc1)C(=O)N1CCC2C1C(=O)CN2C(=O)c1ccoc1. The molecule has 9 heteroatoms. The molecule has 1 aromatic carbocycles. The smallest absolute Gasteiger partial charge is 0.257 e. The van der Waals surface area contributed by atoms with E-state index in [1.807, 2.05) is 45.0 Å². The van der Waals surface area contributed by atoms with Gasteiger partial charge >= 0.3 is 0 Å². The number of likely N-dealkylation sites (tertiary alicyclic amines) is 2. The molecule has 2 aliphatic heterocycles. The predicted molar refractivity (Wildman–Crippen MR) is 130 cm³/mol. The van der Waals surface area contributed by atoms with E-state index in [1.54, 1.807) is 23.1 Å². The van der Waals surface area contributed by atoms with E-state index >= 15 is 0 Å². The second kappa shape index (κ2) is 9.93. The molecule has 2 saturated heterocycles. The highest BCUT2D eigenvalue weighted by Crippen LogP contribution is 2.32. The lowest BCUT2D eigenvalue weighted by Gasteiger charge is -2.29. The van der Waals surface area contributed by atoms with Gasteiger partial charge in [0, 0.05) is 31.9 Å². The van der Waals surface area contributed by atoms with Crippen molar-refractivity contribution in [2.75, 3.05) is 32.1 Å². The van der Waals surface area contributed by atoms with Gasteiger partial charge in [0.2, 0.25) is 5.91 Å². The van der Waals surface area contributed by atoms with Gasteiger partial charge < -0.3 is 24.4 Å². The number of fused-ring (bicyclic) bond motifs is 1. The van der Waals surface area contributed by atoms with Crippen molar-refractivity contribution in [1.82, 2.24) is 15.1 Å². The van der Waals surface area contributed by atoms with Crippen molar-refractivity contribution in [2.45, 2.75) is 44.8 Å². The van der Waals surface area contributed by atoms with Gasteiger partial charge in [-0.05, 0) is 49.1 Å². The lowest BCUT2D eigenvalue weighted by atomic mass is 10.0. The van der Waals surface area contributed by atoms with Crippen molar-refractivity contribution in [3.63, 3.8) is 0 Å². The van der Waals surface area contributed by atoms with Crippen LogP contribution in [0.4, 0.5) is 5.69 Å². The summed E-state index contributed by atoms with van der Waals surface area (Å²) >= 11 is 0. The van der Waals surface area contributed by atoms with Gasteiger partial charge in [0.25, 0.3) is 11.8 Å². The number of amides is 3. The standard InChI is InChI=1S/C26H32N4O5/c1-16(2)13-20(27-24(32)17-5-7-19(8-6-17)28(3)4)26(34)29-11-9-21-23(29)22(31)14-30(21)25(33)18-10-12-35-15-18/h5-8,10,12,15-16,20-21,23H,9,11,13-14H2,1-4H3,(H,27,32)/t20-,21?,23?/m0/s1. The summed E-state index contributed by atoms with van der Waals surface area (Å²) in [7, 11) is 3.84. The molecule has 186 valence electrons. The number of hydrogen-bond acceptors (Lipinski definition) is 6. The third kappa shape index (κ3) is 4.94. The van der Waals surface area contributed by atoms with Gasteiger partial charge in [0.15, 0.2) is 5.78 Å². The number of carbonyl (C=O) groups is 4. The Labute approximate surface area is 205 Å². The topological polar surface area (TPSA) is 103 Å². The van der Waals surface area contributed by atoms with E-state index in [2.05, 4.69) is 5.32 Å². The van der Waals surface area contributed by atoms with Crippen LogP contribution in [-0.2, 0) is 9.59 Å². The van der Waals surface area contributed by atoms with E-state index in [0.717, 1.165) is 5.69 Å². The molecule has 0 aliphatic carbocycles. The Balaban J connectivity index is 1.49. The zero-order valence-corrected chi connectivity index (χ0v) is 20.6. The molecule has 0 saturated carbocycles. The molecule has 2 fully saturated rings. The Morgan fingerprint density at radius 1 is 1.09 bits per heavy atom. The van der Waals surface area contributed by atoms with Gasteiger partial charge in [-0.15, -0.1) is 0 Å². The fourth-order valence-electron chi connectivity index (χ4n) is 4.94. The molecular formula is C26H32N4O5. The summed E-state index contributed by atoms with van der Waals surface area (Å²) in [6.07, 6.45) is 3.73. The van der Waals surface area contributed by atoms with Crippen LogP contribution in [0.1, 0.15) is 47.4 Å². The molecule has 2 aromatic rings. The van der Waals surface area contributed by atoms with Gasteiger partial charge in [-0.2, -0.15) is 0 Å². The van der Waals surface area contributed by atoms with Crippen LogP contribution in [0.25, 0.3) is 0 Å². The molecule has 3 heterocycles. The average Bonchev–Trinajstić information content (AvgIpc) is 3.56. The Kier molecular flexibility index (Phi) is 6.95. The minimum absolute atomic E-state index is 0.0391. The highest BCUT2D eigenvalue weighted by atomic mass is 16.3. The molecule has 9 nitrogen and oxygen atoms in total. The van der Waals surface area contributed by atoms with Crippen molar-refractivity contribution in [2.24, 2.45) is 5.92 Å². The number of furan rings is 1. The lowest BCUT2D eigenvalue weighted by Crippen LogP contribution is -2.53. The number of rotatable bonds is 7. The number of nitrogens with zero attached hydrogens (tertiary/aromatic N) is 3. The molecular weight excluding hydrogens is 448 g/mol. The van der Waals surface area contributed by atoms with Crippen LogP contribution < -0.4 is 10.2 Å². The van der Waals surface area contributed by atoms with Gasteiger partial charge in [0.1, 0.15) is 18.3 Å². The van der Waals surface area contributed by atoms with E-state index in [-0.39, 0.29) is 42.0 Å². The summed E-state index contributed by atoms with van der Waals surface area (Å²) in [5.74, 6) is -0.902. The van der Waals surface area contributed by atoms with E-state index in [4.69, 9.17) is 4.42 Å². The first kappa shape index (κ1) is 24.5. The molecule has 3 atom stereocenters. The summed E-state index contributed by atoms with van der Waals surface area (Å²) in [5.41, 5.74) is 1.81. The summed E-state index contributed by atoms with van der Waals surface area (Å²) in [6.45, 7) is 4.29. The maximum Gasteiger partial charge on any atom is 0.257 e. The lowest BCUT2D eigenvalue weighted by molar-refractivity contribution is -0.138. The third-order valence-electron chi connectivity index (χ3n) is 6.69. The average molecular weight is 481 g/mol. The quantitative estimate of drug-likeness (QED) is 0.652. The number of ketones is 1. The van der Waals surface area contributed by atoms with Crippen LogP contribution in [0, 0.1) is 5.92 Å². The van der Waals surface area contributed by atoms with Crippen molar-refractivity contribution >= 4 is 29.2 Å². The third-order valence-corrected chi connectivity index (χ3v) is 6.69. The molecule has 1 aromatic heterocycles. The van der Waals surface area contributed by atoms with Crippen LogP contribution in [0.5, 0.6) is 0 Å². The number of anilines is 1. The first-order chi connectivity index (χ1) is 16.7. The number of Topliss-reactive ketones (excluding diaryl/α,β-unsaturated/α-hetero) is 1. The molecule has 0 spiro atoms. The van der Waals surface area contributed by atoms with Crippen LogP contribution in [0.3, 0.4) is 0 Å². The van der Waals surface area contributed by atoms with Gasteiger partial charge in [-0.3, -0.25) is 19.2 Å². The molecule has 4 rings (SSSR count). The van der Waals surface area contributed by atoms with E-state index in [0.29, 0.717) is 30.5 Å². The number of hydrogen-bond donors (Lipinski definition) is 1. The summed E-state index contributed by atoms with van der Waals surface area (Å²) in [4.78, 5) is 57.4. The highest BCUT2D eigenvalue weighted by Gasteiger charge is 2.52. The van der Waals surface area contributed by atoms with E-state index in [1.165, 1.54) is 17.4 Å². The fraction of sp³-hybridized carbons (Fsp3) is 0.462. The maximum absolute atomic E-state index is 13.6. The zero-order valence-electron chi connectivity index (χ0n) is 20.6. The molecule has 0 bridgehead atoms. The molecule has 35 heavy (non-hydrogen) atoms. The summed E-state index contributed by atoms with van der Waals surface area (Å²) < 4.78 is 5.01. The minimum atomic E-state index is -0.763. The number of carbonyl (C=O) groups excluding carboxylic acids is 4. The molecule has 3 amide bonds. The molecule has 0 radical (unpaired) electrons. The second-order valence-electron chi connectivity index (χ2n) is 9.84. The Morgan fingerprint density at radius 3 is 2.40 bits per heavy atom. The summed E-state index contributed by atoms with van der Waals surface area (Å²) in [6, 6.07) is 6.90. The Bertz CT molecular complexity index is 1090. The van der Waals surface area contributed by atoms with Crippen molar-refractivity contribution < 1.29 is 23.6 Å². The predicted octanol–water partition coefficient (Wildman–Crippen LogP) is 2.18. The Morgan fingerprint density at radius 2 is 1.80 bits per heavy atom. The Hall–Kier alpha value is -3.62. The number of benzene rings is 1.